The van der Waals surface area contributed by atoms with Gasteiger partial charge in [-0.3, -0.25) is 0 Å². The van der Waals surface area contributed by atoms with Crippen LogP contribution < -0.4 is 0 Å². The number of hydrogen-bond acceptors (Lipinski definition) is 6. The van der Waals surface area contributed by atoms with Gasteiger partial charge >= 0.3 is 0 Å². The summed E-state index contributed by atoms with van der Waals surface area (Å²) in [5.74, 6) is 0. The molecule has 0 amide bonds. The van der Waals surface area contributed by atoms with Crippen LogP contribution in [0.15, 0.2) is 104 Å². The van der Waals surface area contributed by atoms with E-state index in [-0.39, 0.29) is 0 Å². The van der Waals surface area contributed by atoms with Crippen molar-refractivity contribution in [1.29, 1.82) is 0 Å². The molecule has 0 atom stereocenters. The van der Waals surface area contributed by atoms with Crippen molar-refractivity contribution in [2.45, 2.75) is 130 Å². The second kappa shape index (κ2) is 25.4. The van der Waals surface area contributed by atoms with Crippen LogP contribution in [0.4, 0.5) is 0 Å². The van der Waals surface area contributed by atoms with Crippen molar-refractivity contribution in [3.8, 4) is 0 Å². The Kier molecular flexibility index (Phi) is 17.9. The van der Waals surface area contributed by atoms with Gasteiger partial charge in [0.2, 0.25) is 0 Å². The van der Waals surface area contributed by atoms with Crippen molar-refractivity contribution in [2.24, 2.45) is 0 Å². The number of H-pyrrole nitrogens is 1. The van der Waals surface area contributed by atoms with Crippen LogP contribution >= 0.6 is 0 Å². The predicted octanol–water partition coefficient (Wildman–Crippen LogP) is 15.8. The lowest BCUT2D eigenvalue weighted by molar-refractivity contribution is 0.395. The van der Waals surface area contributed by atoms with Crippen molar-refractivity contribution in [3.05, 3.63) is 143 Å². The Morgan fingerprint density at radius 1 is 0.431 bits per heavy atom. The number of allylic oxidation sites excluding steroid dienone is 8. The zero-order valence-corrected chi connectivity index (χ0v) is 44.2. The Morgan fingerprint density at radius 2 is 0.861 bits per heavy atom. The minimum atomic E-state index is 0.805. The first-order chi connectivity index (χ1) is 35.5. The van der Waals surface area contributed by atoms with Crippen molar-refractivity contribution in [2.75, 3.05) is 52.4 Å². The minimum Gasteiger partial charge on any atom is -0.373 e. The van der Waals surface area contributed by atoms with Gasteiger partial charge in [0.1, 0.15) is 0 Å². The molecule has 9 rings (SSSR count). The molecule has 0 spiro atoms. The molecule has 8 bridgehead atoms. The fraction of sp³-hybridized carbons (Fsp3) is 0.438. The number of nitrogens with one attached hydrogen (secondary N) is 1. The van der Waals surface area contributed by atoms with Gasteiger partial charge in [-0.25, -0.2) is 9.97 Å². The fourth-order valence-corrected chi connectivity index (χ4v) is 11.2. The van der Waals surface area contributed by atoms with Gasteiger partial charge in [0, 0.05) is 79.2 Å². The first-order valence-corrected chi connectivity index (χ1v) is 28.2. The molecule has 8 heteroatoms. The number of hydrogen-bond donors (Lipinski definition) is 1. The summed E-state index contributed by atoms with van der Waals surface area (Å²) in [5.41, 5.74) is 17.4. The number of nitrogens with zero attached hydrogens (tertiary/aromatic N) is 7. The quantitative estimate of drug-likeness (QED) is 0.0622. The third-order valence-electron chi connectivity index (χ3n) is 15.0. The van der Waals surface area contributed by atoms with Crippen molar-refractivity contribution in [3.63, 3.8) is 0 Å². The topological polar surface area (TPSA) is 59.5 Å². The van der Waals surface area contributed by atoms with E-state index in [0.717, 1.165) is 86.2 Å². The second-order valence-electron chi connectivity index (χ2n) is 20.8. The van der Waals surface area contributed by atoms with E-state index < -0.39 is 0 Å². The van der Waals surface area contributed by atoms with Gasteiger partial charge in [-0.05, 0) is 152 Å². The Balaban J connectivity index is 1.37. The summed E-state index contributed by atoms with van der Waals surface area (Å²) in [6.07, 6.45) is 56.8. The van der Waals surface area contributed by atoms with Crippen LogP contribution in [0.1, 0.15) is 170 Å². The minimum absolute atomic E-state index is 0.805. The van der Waals surface area contributed by atoms with E-state index in [1.165, 1.54) is 153 Å². The lowest BCUT2D eigenvalue weighted by Crippen LogP contribution is -2.26. The summed E-state index contributed by atoms with van der Waals surface area (Å²) in [6.45, 7) is 16.7. The Hall–Kier alpha value is -6.28. The molecule has 1 N–H and O–H groups in total. The van der Waals surface area contributed by atoms with E-state index in [1.807, 2.05) is 0 Å². The maximum absolute atomic E-state index is 5.64. The molecule has 9 heterocycles. The van der Waals surface area contributed by atoms with Crippen molar-refractivity contribution < 1.29 is 0 Å². The molecule has 0 aromatic carbocycles. The molecule has 0 fully saturated rings. The monoisotopic (exact) mass is 963 g/mol. The third kappa shape index (κ3) is 12.7. The Morgan fingerprint density at radius 3 is 1.38 bits per heavy atom. The highest BCUT2D eigenvalue weighted by Gasteiger charge is 2.31. The van der Waals surface area contributed by atoms with Gasteiger partial charge < -0.3 is 29.2 Å². The molecule has 8 nitrogen and oxygen atoms in total. The van der Waals surface area contributed by atoms with Gasteiger partial charge in [-0.15, -0.1) is 0 Å². The highest BCUT2D eigenvalue weighted by atomic mass is 15.2. The number of aromatic nitrogens is 4. The average Bonchev–Trinajstić information content (AvgIpc) is 4.23. The van der Waals surface area contributed by atoms with E-state index in [4.69, 9.17) is 9.97 Å². The van der Waals surface area contributed by atoms with E-state index >= 15 is 0 Å². The molecule has 3 aromatic heterocycles. The predicted molar refractivity (Wildman–Crippen MR) is 310 cm³/mol. The third-order valence-corrected chi connectivity index (χ3v) is 15.0. The fourth-order valence-electron chi connectivity index (χ4n) is 11.2. The molecular weight excluding hydrogens is 881 g/mol. The maximum Gasteiger partial charge on any atom is 0.0734 e. The van der Waals surface area contributed by atoms with Gasteiger partial charge in [-0.1, -0.05) is 123 Å². The van der Waals surface area contributed by atoms with Crippen LogP contribution in [0.5, 0.6) is 0 Å². The van der Waals surface area contributed by atoms with Crippen LogP contribution in [-0.4, -0.2) is 91.5 Å². The van der Waals surface area contributed by atoms with Crippen LogP contribution in [0.25, 0.3) is 68.8 Å². The smallest absolute Gasteiger partial charge is 0.0734 e. The Labute approximate surface area is 432 Å². The number of aromatic amines is 1. The maximum atomic E-state index is 5.64. The second-order valence-corrected chi connectivity index (χ2v) is 20.8. The van der Waals surface area contributed by atoms with Crippen LogP contribution in [0.3, 0.4) is 0 Å². The molecule has 0 saturated heterocycles. The van der Waals surface area contributed by atoms with Crippen molar-refractivity contribution >= 4 is 68.8 Å². The summed E-state index contributed by atoms with van der Waals surface area (Å²) in [4.78, 5) is 24.9. The van der Waals surface area contributed by atoms with Crippen LogP contribution in [0, 0.1) is 0 Å². The zero-order chi connectivity index (χ0) is 49.5. The Bertz CT molecular complexity index is 2850. The molecule has 3 aromatic rings. The van der Waals surface area contributed by atoms with Crippen LogP contribution in [0.2, 0.25) is 0 Å². The normalized spacial score (nSPS) is 16.3. The van der Waals surface area contributed by atoms with Gasteiger partial charge in [0.05, 0.1) is 40.4 Å². The molecule has 6 aliphatic heterocycles. The van der Waals surface area contributed by atoms with E-state index in [9.17, 15) is 0 Å². The zero-order valence-electron chi connectivity index (χ0n) is 44.2. The van der Waals surface area contributed by atoms with E-state index in [2.05, 4.69) is 185 Å². The molecule has 0 aliphatic carbocycles. The van der Waals surface area contributed by atoms with Gasteiger partial charge in [-0.2, -0.15) is 0 Å². The number of unbranched alkanes of at least 4 members (excludes halogenated alkanes) is 12. The molecule has 378 valence electrons. The summed E-state index contributed by atoms with van der Waals surface area (Å²) in [7, 11) is 0. The SMILES string of the molecule is CCCCCCN1C=CC=C(c2c(C3=CC=CN(CCCCCC)C3)c3c(C4=CC=CN(CCCCCC)C4)c4nc(cc5ccc(cc6nc(cc2n3C2=CC=CN(CCCCCC)C2)C=C6)[nH]5)C=C4)C1. The summed E-state index contributed by atoms with van der Waals surface area (Å²) < 4.78 is 2.68. The first-order valence-electron chi connectivity index (χ1n) is 28.2. The number of rotatable bonds is 24. The molecule has 0 radical (unpaired) electrons. The lowest BCUT2D eigenvalue weighted by Gasteiger charge is -2.29. The molecule has 0 unspecified atom stereocenters. The van der Waals surface area contributed by atoms with Gasteiger partial charge in [0.15, 0.2) is 0 Å². The highest BCUT2D eigenvalue weighted by Crippen LogP contribution is 2.44. The van der Waals surface area contributed by atoms with Crippen LogP contribution in [-0.2, 0) is 0 Å². The number of fused-ring (bicyclic) bond motifs is 8. The lowest BCUT2D eigenvalue weighted by atomic mass is 9.90. The summed E-state index contributed by atoms with van der Waals surface area (Å²) in [5, 5.41) is 0. The highest BCUT2D eigenvalue weighted by molar-refractivity contribution is 6.05. The van der Waals surface area contributed by atoms with E-state index in [1.54, 1.807) is 0 Å². The molecular formula is C64H82N8. The van der Waals surface area contributed by atoms with Crippen molar-refractivity contribution in [1.82, 2.24) is 39.1 Å². The summed E-state index contributed by atoms with van der Waals surface area (Å²) in [6, 6.07) is 11.1. The molecule has 6 aliphatic rings. The standard InChI is InChI=1S/C64H82N8/c1-5-9-13-17-35-68-39-21-25-50(46-68)61-59-34-33-56(67-59)44-55-30-29-53(65-55)43-54-31-32-57(66-54)45-60-62(51-26-22-40-69(47-51)36-18-14-10-6-2)63(52-27-23-41-70(48-52)37-19-15-11-7-3)64(61)72(60)58-28-24-42-71(49-58)38-20-16-12-8-4/h21-34,39-45,65H,5-20,35-38,46-49H2,1-4H3. The largest absolute Gasteiger partial charge is 0.373 e. The first kappa shape index (κ1) is 50.7. The molecule has 0 saturated carbocycles. The summed E-state index contributed by atoms with van der Waals surface area (Å²) >= 11 is 0. The molecule has 72 heavy (non-hydrogen) atoms. The van der Waals surface area contributed by atoms with E-state index in [0.29, 0.717) is 0 Å². The van der Waals surface area contributed by atoms with Gasteiger partial charge in [0.25, 0.3) is 0 Å². The average molecular weight is 963 g/mol.